The molecule has 0 bridgehead atoms. The quantitative estimate of drug-likeness (QED) is 0.728. The van der Waals surface area contributed by atoms with Gasteiger partial charge in [-0.25, -0.2) is 19.9 Å². The number of aryl methyl sites for hydroxylation is 1. The van der Waals surface area contributed by atoms with Crippen molar-refractivity contribution in [1.82, 2.24) is 19.9 Å². The first-order valence-electron chi connectivity index (χ1n) is 7.72. The minimum atomic E-state index is 0.554. The molecule has 0 amide bonds. The Bertz CT molecular complexity index is 815. The van der Waals surface area contributed by atoms with E-state index in [-0.39, 0.29) is 0 Å². The average molecular weight is 303 g/mol. The van der Waals surface area contributed by atoms with Crippen molar-refractivity contribution in [2.45, 2.75) is 19.9 Å². The van der Waals surface area contributed by atoms with E-state index in [0.29, 0.717) is 11.6 Å². The van der Waals surface area contributed by atoms with Gasteiger partial charge in [-0.3, -0.25) is 0 Å². The lowest BCUT2D eigenvalue weighted by Crippen LogP contribution is -2.30. The molecule has 23 heavy (non-hydrogen) atoms. The molecule has 1 aromatic carbocycles. The van der Waals surface area contributed by atoms with Gasteiger partial charge in [0.1, 0.15) is 0 Å². The van der Waals surface area contributed by atoms with Crippen LogP contribution < -0.4 is 4.90 Å². The highest BCUT2D eigenvalue weighted by Crippen LogP contribution is 2.24. The number of rotatable bonds is 2. The van der Waals surface area contributed by atoms with Gasteiger partial charge in [-0.15, -0.1) is 0 Å². The molecule has 0 saturated carbocycles. The van der Waals surface area contributed by atoms with Crippen LogP contribution in [0.25, 0.3) is 11.6 Å². The van der Waals surface area contributed by atoms with Crippen molar-refractivity contribution in [2.75, 3.05) is 11.4 Å². The molecule has 0 atom stereocenters. The van der Waals surface area contributed by atoms with Crippen molar-refractivity contribution in [3.63, 3.8) is 0 Å². The predicted octanol–water partition coefficient (Wildman–Crippen LogP) is 2.80. The Morgan fingerprint density at radius 3 is 2.43 bits per heavy atom. The molecule has 3 heterocycles. The van der Waals surface area contributed by atoms with Crippen LogP contribution in [0, 0.1) is 6.92 Å². The Morgan fingerprint density at radius 1 is 0.913 bits per heavy atom. The van der Waals surface area contributed by atoms with Gasteiger partial charge in [0.25, 0.3) is 0 Å². The molecular formula is C18H17N5. The van der Waals surface area contributed by atoms with Crippen LogP contribution in [0.3, 0.4) is 0 Å². The summed E-state index contributed by atoms with van der Waals surface area (Å²) in [6.45, 7) is 4.03. The molecule has 0 saturated heterocycles. The van der Waals surface area contributed by atoms with Crippen LogP contribution in [-0.2, 0) is 13.0 Å². The zero-order valence-corrected chi connectivity index (χ0v) is 13.0. The van der Waals surface area contributed by atoms with E-state index in [1.807, 2.05) is 12.4 Å². The van der Waals surface area contributed by atoms with Crippen LogP contribution in [0.4, 0.5) is 5.69 Å². The molecule has 1 aliphatic rings. The molecule has 5 heteroatoms. The Morgan fingerprint density at radius 2 is 1.65 bits per heavy atom. The lowest BCUT2D eigenvalue weighted by atomic mass is 9.97. The van der Waals surface area contributed by atoms with Crippen molar-refractivity contribution < 1.29 is 0 Å². The minimum Gasteiger partial charge on any atom is -0.364 e. The zero-order chi connectivity index (χ0) is 15.6. The van der Waals surface area contributed by atoms with E-state index in [2.05, 4.69) is 50.0 Å². The van der Waals surface area contributed by atoms with E-state index in [1.54, 1.807) is 18.5 Å². The Balaban J connectivity index is 1.57. The Labute approximate surface area is 135 Å². The molecule has 4 rings (SSSR count). The number of nitrogens with zero attached hydrogens (tertiary/aromatic N) is 5. The van der Waals surface area contributed by atoms with Gasteiger partial charge < -0.3 is 4.90 Å². The summed E-state index contributed by atoms with van der Waals surface area (Å²) in [6, 6.07) is 8.49. The summed E-state index contributed by atoms with van der Waals surface area (Å²) in [7, 11) is 0. The molecule has 114 valence electrons. The third kappa shape index (κ3) is 2.77. The SMILES string of the molecule is Cc1ccc2c(c1)CN(c1cnc(-c3ncccn3)nc1)CC2. The van der Waals surface area contributed by atoms with Gasteiger partial charge in [-0.2, -0.15) is 0 Å². The average Bonchev–Trinajstić information content (AvgIpc) is 2.62. The van der Waals surface area contributed by atoms with Crippen LogP contribution in [-0.4, -0.2) is 26.5 Å². The second kappa shape index (κ2) is 5.76. The van der Waals surface area contributed by atoms with Gasteiger partial charge in [-0.05, 0) is 30.5 Å². The second-order valence-electron chi connectivity index (χ2n) is 5.78. The van der Waals surface area contributed by atoms with Crippen LogP contribution in [0.1, 0.15) is 16.7 Å². The first kappa shape index (κ1) is 13.8. The summed E-state index contributed by atoms with van der Waals surface area (Å²) in [5.41, 5.74) is 5.18. The van der Waals surface area contributed by atoms with Crippen molar-refractivity contribution >= 4 is 5.69 Å². The van der Waals surface area contributed by atoms with Crippen LogP contribution in [0.15, 0.2) is 49.1 Å². The number of fused-ring (bicyclic) bond motifs is 1. The molecule has 0 spiro atoms. The van der Waals surface area contributed by atoms with Crippen molar-refractivity contribution in [2.24, 2.45) is 0 Å². The van der Waals surface area contributed by atoms with Crippen LogP contribution in [0.2, 0.25) is 0 Å². The molecular weight excluding hydrogens is 286 g/mol. The number of hydrogen-bond acceptors (Lipinski definition) is 5. The predicted molar refractivity (Wildman–Crippen MR) is 89.0 cm³/mol. The highest BCUT2D eigenvalue weighted by molar-refractivity contribution is 5.50. The van der Waals surface area contributed by atoms with Gasteiger partial charge >= 0.3 is 0 Å². The minimum absolute atomic E-state index is 0.554. The fraction of sp³-hybridized carbons (Fsp3) is 0.222. The van der Waals surface area contributed by atoms with Crippen molar-refractivity contribution in [3.8, 4) is 11.6 Å². The summed E-state index contributed by atoms with van der Waals surface area (Å²) in [4.78, 5) is 19.5. The zero-order valence-electron chi connectivity index (χ0n) is 13.0. The first-order valence-corrected chi connectivity index (χ1v) is 7.72. The third-order valence-electron chi connectivity index (χ3n) is 4.14. The lowest BCUT2D eigenvalue weighted by Gasteiger charge is -2.30. The topological polar surface area (TPSA) is 54.8 Å². The van der Waals surface area contributed by atoms with Gasteiger partial charge in [-0.1, -0.05) is 23.8 Å². The molecule has 0 aliphatic carbocycles. The maximum absolute atomic E-state index is 4.42. The first-order chi connectivity index (χ1) is 11.3. The largest absolute Gasteiger partial charge is 0.364 e. The monoisotopic (exact) mass is 303 g/mol. The maximum atomic E-state index is 4.42. The van der Waals surface area contributed by atoms with Gasteiger partial charge in [0.15, 0.2) is 11.6 Å². The van der Waals surface area contributed by atoms with E-state index < -0.39 is 0 Å². The number of benzene rings is 1. The molecule has 5 nitrogen and oxygen atoms in total. The maximum Gasteiger partial charge on any atom is 0.197 e. The number of aromatic nitrogens is 4. The second-order valence-corrected chi connectivity index (χ2v) is 5.78. The fourth-order valence-electron chi connectivity index (χ4n) is 2.92. The molecule has 0 radical (unpaired) electrons. The molecule has 0 unspecified atom stereocenters. The van der Waals surface area contributed by atoms with E-state index in [1.165, 1.54) is 16.7 Å². The summed E-state index contributed by atoms with van der Waals surface area (Å²) in [5.74, 6) is 1.11. The summed E-state index contributed by atoms with van der Waals surface area (Å²) in [6.07, 6.45) is 8.17. The van der Waals surface area contributed by atoms with Gasteiger partial charge in [0, 0.05) is 25.5 Å². The smallest absolute Gasteiger partial charge is 0.197 e. The normalized spacial score (nSPS) is 13.7. The standard InChI is InChI=1S/C18H17N5/c1-13-3-4-14-5-8-23(12-15(14)9-13)16-10-21-18(22-11-16)17-19-6-2-7-20-17/h2-4,6-7,9-11H,5,8,12H2,1H3. The van der Waals surface area contributed by atoms with Crippen LogP contribution >= 0.6 is 0 Å². The van der Waals surface area contributed by atoms with Crippen molar-refractivity contribution in [3.05, 3.63) is 65.7 Å². The number of hydrogen-bond donors (Lipinski definition) is 0. The summed E-state index contributed by atoms with van der Waals surface area (Å²) < 4.78 is 0. The molecule has 0 fully saturated rings. The highest BCUT2D eigenvalue weighted by atomic mass is 15.2. The van der Waals surface area contributed by atoms with E-state index in [9.17, 15) is 0 Å². The molecule has 1 aliphatic heterocycles. The van der Waals surface area contributed by atoms with E-state index >= 15 is 0 Å². The Hall–Kier alpha value is -2.82. The third-order valence-corrected chi connectivity index (χ3v) is 4.14. The van der Waals surface area contributed by atoms with Crippen molar-refractivity contribution in [1.29, 1.82) is 0 Å². The summed E-state index contributed by atoms with van der Waals surface area (Å²) in [5, 5.41) is 0. The van der Waals surface area contributed by atoms with Gasteiger partial charge in [0.2, 0.25) is 0 Å². The van der Waals surface area contributed by atoms with Crippen LogP contribution in [0.5, 0.6) is 0 Å². The highest BCUT2D eigenvalue weighted by Gasteiger charge is 2.17. The van der Waals surface area contributed by atoms with E-state index in [0.717, 1.165) is 25.2 Å². The molecule has 0 N–H and O–H groups in total. The lowest BCUT2D eigenvalue weighted by molar-refractivity contribution is 0.727. The molecule has 3 aromatic rings. The number of anilines is 1. The summed E-state index contributed by atoms with van der Waals surface area (Å²) >= 11 is 0. The van der Waals surface area contributed by atoms with Gasteiger partial charge in [0.05, 0.1) is 18.1 Å². The Kier molecular flexibility index (Phi) is 3.46. The molecule has 2 aromatic heterocycles. The van der Waals surface area contributed by atoms with E-state index in [4.69, 9.17) is 0 Å². The fourth-order valence-corrected chi connectivity index (χ4v) is 2.92.